The van der Waals surface area contributed by atoms with E-state index in [1.54, 1.807) is 0 Å². The molecule has 1 aliphatic rings. The molecule has 94 valence electrons. The second-order valence-electron chi connectivity index (χ2n) is 5.21. The Morgan fingerprint density at radius 2 is 1.88 bits per heavy atom. The summed E-state index contributed by atoms with van der Waals surface area (Å²) in [7, 11) is 1.45. The summed E-state index contributed by atoms with van der Waals surface area (Å²) < 4.78 is 4.75. The lowest BCUT2D eigenvalue weighted by atomic mass is 9.77. The van der Waals surface area contributed by atoms with Gasteiger partial charge in [-0.1, -0.05) is 26.7 Å². The van der Waals surface area contributed by atoms with Crippen molar-refractivity contribution in [1.82, 2.24) is 5.32 Å². The van der Waals surface area contributed by atoms with Crippen LogP contribution in [0.4, 0.5) is 0 Å². The van der Waals surface area contributed by atoms with Crippen LogP contribution in [0, 0.1) is 11.8 Å². The number of carbonyl (C=O) groups excluding carboxylic acids is 1. The minimum Gasteiger partial charge on any atom is -0.468 e. The standard InChI is InChI=1S/C13H25NO2/c1-9(2)11-7-5-6-8-12(11)14-10(3)13(15)16-4/h9-12,14H,5-8H2,1-4H3. The number of methoxy groups -OCH3 is 1. The number of hydrogen-bond acceptors (Lipinski definition) is 3. The minimum atomic E-state index is -0.186. The molecule has 3 atom stereocenters. The Hall–Kier alpha value is -0.570. The van der Waals surface area contributed by atoms with E-state index in [1.807, 2.05) is 6.92 Å². The van der Waals surface area contributed by atoms with Gasteiger partial charge in [-0.15, -0.1) is 0 Å². The lowest BCUT2D eigenvalue weighted by Crippen LogP contribution is -2.48. The van der Waals surface area contributed by atoms with E-state index >= 15 is 0 Å². The molecule has 0 saturated heterocycles. The molecule has 0 aromatic rings. The molecule has 1 fully saturated rings. The van der Waals surface area contributed by atoms with Gasteiger partial charge in [0.05, 0.1) is 7.11 Å². The first-order valence-corrected chi connectivity index (χ1v) is 6.40. The molecule has 16 heavy (non-hydrogen) atoms. The van der Waals surface area contributed by atoms with Crippen molar-refractivity contribution >= 4 is 5.97 Å². The molecule has 3 nitrogen and oxygen atoms in total. The monoisotopic (exact) mass is 227 g/mol. The highest BCUT2D eigenvalue weighted by molar-refractivity contribution is 5.75. The maximum absolute atomic E-state index is 11.4. The summed E-state index contributed by atoms with van der Waals surface area (Å²) in [6.45, 7) is 6.43. The van der Waals surface area contributed by atoms with Gasteiger partial charge < -0.3 is 10.1 Å². The molecule has 0 spiro atoms. The molecular formula is C13H25NO2. The van der Waals surface area contributed by atoms with Crippen molar-refractivity contribution in [2.45, 2.75) is 58.5 Å². The van der Waals surface area contributed by atoms with Crippen LogP contribution >= 0.6 is 0 Å². The highest BCUT2D eigenvalue weighted by Gasteiger charge is 2.29. The Morgan fingerprint density at radius 1 is 1.25 bits per heavy atom. The first-order valence-electron chi connectivity index (χ1n) is 6.40. The zero-order valence-electron chi connectivity index (χ0n) is 11.0. The number of ether oxygens (including phenoxy) is 1. The molecule has 0 bridgehead atoms. The van der Waals surface area contributed by atoms with Crippen molar-refractivity contribution < 1.29 is 9.53 Å². The van der Waals surface area contributed by atoms with Crippen LogP contribution in [-0.4, -0.2) is 25.2 Å². The average Bonchev–Trinajstić information content (AvgIpc) is 2.28. The highest BCUT2D eigenvalue weighted by Crippen LogP contribution is 2.30. The molecule has 3 heteroatoms. The third-order valence-electron chi connectivity index (χ3n) is 3.69. The van der Waals surface area contributed by atoms with Gasteiger partial charge in [0.15, 0.2) is 0 Å². The number of nitrogens with one attached hydrogen (secondary N) is 1. The molecule has 1 aliphatic carbocycles. The van der Waals surface area contributed by atoms with Gasteiger partial charge in [-0.25, -0.2) is 0 Å². The van der Waals surface area contributed by atoms with Crippen molar-refractivity contribution in [3.8, 4) is 0 Å². The lowest BCUT2D eigenvalue weighted by Gasteiger charge is -2.36. The minimum absolute atomic E-state index is 0.159. The third-order valence-corrected chi connectivity index (χ3v) is 3.69. The maximum Gasteiger partial charge on any atom is 0.322 e. The van der Waals surface area contributed by atoms with Crippen LogP contribution in [0.3, 0.4) is 0 Å². The molecule has 0 radical (unpaired) electrons. The van der Waals surface area contributed by atoms with Gasteiger partial charge in [0.1, 0.15) is 6.04 Å². The van der Waals surface area contributed by atoms with Gasteiger partial charge in [0.2, 0.25) is 0 Å². The molecule has 3 unspecified atom stereocenters. The fourth-order valence-corrected chi connectivity index (χ4v) is 2.73. The van der Waals surface area contributed by atoms with E-state index < -0.39 is 0 Å². The van der Waals surface area contributed by atoms with E-state index in [2.05, 4.69) is 19.2 Å². The lowest BCUT2D eigenvalue weighted by molar-refractivity contribution is -0.143. The summed E-state index contributed by atoms with van der Waals surface area (Å²) in [6.07, 6.45) is 5.07. The summed E-state index contributed by atoms with van der Waals surface area (Å²) in [4.78, 5) is 11.4. The Kier molecular flexibility index (Phi) is 5.26. The van der Waals surface area contributed by atoms with Crippen molar-refractivity contribution in [1.29, 1.82) is 0 Å². The average molecular weight is 227 g/mol. The molecule has 0 aromatic carbocycles. The normalized spacial score (nSPS) is 27.8. The van der Waals surface area contributed by atoms with Gasteiger partial charge >= 0.3 is 5.97 Å². The molecule has 0 aliphatic heterocycles. The van der Waals surface area contributed by atoms with Gasteiger partial charge in [0, 0.05) is 6.04 Å². The Bertz CT molecular complexity index is 228. The molecular weight excluding hydrogens is 202 g/mol. The SMILES string of the molecule is COC(=O)C(C)NC1CCCCC1C(C)C. The molecule has 0 aromatic heterocycles. The first-order chi connectivity index (χ1) is 7.56. The maximum atomic E-state index is 11.4. The van der Waals surface area contributed by atoms with Crippen molar-refractivity contribution in [3.63, 3.8) is 0 Å². The molecule has 0 amide bonds. The number of hydrogen-bond donors (Lipinski definition) is 1. The van der Waals surface area contributed by atoms with Crippen LogP contribution < -0.4 is 5.32 Å². The fraction of sp³-hybridized carbons (Fsp3) is 0.923. The summed E-state index contributed by atoms with van der Waals surface area (Å²) in [6, 6.07) is 0.289. The van der Waals surface area contributed by atoms with E-state index in [0.29, 0.717) is 17.9 Å². The number of esters is 1. The Morgan fingerprint density at radius 3 is 2.44 bits per heavy atom. The zero-order chi connectivity index (χ0) is 12.1. The summed E-state index contributed by atoms with van der Waals surface area (Å²) in [5, 5.41) is 3.43. The van der Waals surface area contributed by atoms with Crippen LogP contribution in [0.2, 0.25) is 0 Å². The van der Waals surface area contributed by atoms with Crippen LogP contribution in [0.15, 0.2) is 0 Å². The van der Waals surface area contributed by atoms with Gasteiger partial charge in [-0.05, 0) is 31.6 Å². The number of rotatable bonds is 4. The quantitative estimate of drug-likeness (QED) is 0.749. The highest BCUT2D eigenvalue weighted by atomic mass is 16.5. The van der Waals surface area contributed by atoms with E-state index in [1.165, 1.54) is 32.8 Å². The smallest absolute Gasteiger partial charge is 0.322 e. The second kappa shape index (κ2) is 6.24. The van der Waals surface area contributed by atoms with E-state index in [0.717, 1.165) is 0 Å². The second-order valence-corrected chi connectivity index (χ2v) is 5.21. The van der Waals surface area contributed by atoms with E-state index in [9.17, 15) is 4.79 Å². The Labute approximate surface area is 98.9 Å². The van der Waals surface area contributed by atoms with Crippen molar-refractivity contribution in [2.75, 3.05) is 7.11 Å². The Balaban J connectivity index is 2.52. The summed E-state index contributed by atoms with van der Waals surface area (Å²) >= 11 is 0. The summed E-state index contributed by atoms with van der Waals surface area (Å²) in [5.74, 6) is 1.22. The van der Waals surface area contributed by atoms with E-state index in [-0.39, 0.29) is 12.0 Å². The predicted molar refractivity (Wildman–Crippen MR) is 65.2 cm³/mol. The van der Waals surface area contributed by atoms with E-state index in [4.69, 9.17) is 4.74 Å². The van der Waals surface area contributed by atoms with Crippen LogP contribution in [0.5, 0.6) is 0 Å². The summed E-state index contributed by atoms with van der Waals surface area (Å²) in [5.41, 5.74) is 0. The fourth-order valence-electron chi connectivity index (χ4n) is 2.73. The molecule has 1 N–H and O–H groups in total. The van der Waals surface area contributed by atoms with Gasteiger partial charge in [-0.2, -0.15) is 0 Å². The predicted octanol–water partition coefficient (Wildman–Crippen LogP) is 2.35. The zero-order valence-corrected chi connectivity index (χ0v) is 11.0. The topological polar surface area (TPSA) is 38.3 Å². The first kappa shape index (κ1) is 13.5. The van der Waals surface area contributed by atoms with Crippen molar-refractivity contribution in [2.24, 2.45) is 11.8 Å². The van der Waals surface area contributed by atoms with Crippen LogP contribution in [-0.2, 0) is 9.53 Å². The van der Waals surface area contributed by atoms with Gasteiger partial charge in [-0.3, -0.25) is 4.79 Å². The largest absolute Gasteiger partial charge is 0.468 e. The van der Waals surface area contributed by atoms with Gasteiger partial charge in [0.25, 0.3) is 0 Å². The molecule has 0 heterocycles. The van der Waals surface area contributed by atoms with Crippen molar-refractivity contribution in [3.05, 3.63) is 0 Å². The third kappa shape index (κ3) is 3.48. The van der Waals surface area contributed by atoms with Crippen LogP contribution in [0.1, 0.15) is 46.5 Å². The number of carbonyl (C=O) groups is 1. The molecule has 1 saturated carbocycles. The molecule has 1 rings (SSSR count). The van der Waals surface area contributed by atoms with Crippen LogP contribution in [0.25, 0.3) is 0 Å².